The molecule has 1 atom stereocenters. The lowest BCUT2D eigenvalue weighted by Crippen LogP contribution is -2.44. The van der Waals surface area contributed by atoms with Crippen molar-refractivity contribution in [2.24, 2.45) is 5.92 Å². The van der Waals surface area contributed by atoms with Crippen LogP contribution in [-0.2, 0) is 4.79 Å². The molecule has 1 saturated heterocycles. The van der Waals surface area contributed by atoms with Crippen LogP contribution in [0.5, 0.6) is 0 Å². The molecule has 1 aliphatic heterocycles. The van der Waals surface area contributed by atoms with Crippen LogP contribution < -0.4 is 5.32 Å². The third-order valence-corrected chi connectivity index (χ3v) is 2.73. The number of piperidine rings is 1. The van der Waals surface area contributed by atoms with Crippen molar-refractivity contribution in [1.82, 2.24) is 10.2 Å². The molecule has 3 nitrogen and oxygen atoms in total. The van der Waals surface area contributed by atoms with E-state index in [0.717, 1.165) is 32.5 Å². The topological polar surface area (TPSA) is 32.3 Å². The zero-order valence-corrected chi connectivity index (χ0v) is 9.55. The molecule has 0 aromatic carbocycles. The number of amides is 1. The highest BCUT2D eigenvalue weighted by molar-refractivity contribution is 5.79. The van der Waals surface area contributed by atoms with Gasteiger partial charge in [-0.25, -0.2) is 0 Å². The van der Waals surface area contributed by atoms with Gasteiger partial charge in [0.2, 0.25) is 5.91 Å². The monoisotopic (exact) mass is 198 g/mol. The molecule has 1 N–H and O–H groups in total. The van der Waals surface area contributed by atoms with Crippen molar-refractivity contribution in [3.8, 4) is 0 Å². The first kappa shape index (κ1) is 11.5. The summed E-state index contributed by atoms with van der Waals surface area (Å²) in [7, 11) is 0. The second-order valence-electron chi connectivity index (χ2n) is 4.48. The molecular weight excluding hydrogens is 176 g/mol. The Hall–Kier alpha value is -0.570. The van der Waals surface area contributed by atoms with E-state index in [1.54, 1.807) is 0 Å². The zero-order chi connectivity index (χ0) is 10.6. The van der Waals surface area contributed by atoms with E-state index in [2.05, 4.69) is 19.2 Å². The second kappa shape index (κ2) is 5.35. The molecular formula is C11H22N2O. The Morgan fingerprint density at radius 2 is 2.29 bits per heavy atom. The number of hydrogen-bond acceptors (Lipinski definition) is 2. The molecule has 0 saturated carbocycles. The van der Waals surface area contributed by atoms with Crippen molar-refractivity contribution < 1.29 is 4.79 Å². The SMILES string of the molecule is CC(C)NCCN1CCCC(C)C1=O. The van der Waals surface area contributed by atoms with E-state index in [1.165, 1.54) is 0 Å². The fourth-order valence-electron chi connectivity index (χ4n) is 1.84. The highest BCUT2D eigenvalue weighted by Gasteiger charge is 2.24. The number of rotatable bonds is 4. The molecule has 0 aliphatic carbocycles. The van der Waals surface area contributed by atoms with Gasteiger partial charge in [0.1, 0.15) is 0 Å². The first-order valence-corrected chi connectivity index (χ1v) is 5.63. The van der Waals surface area contributed by atoms with Crippen molar-refractivity contribution in [2.45, 2.75) is 39.7 Å². The normalized spacial score (nSPS) is 23.3. The predicted molar refractivity (Wildman–Crippen MR) is 58.1 cm³/mol. The molecule has 1 heterocycles. The molecule has 1 amide bonds. The maximum atomic E-state index is 11.7. The maximum absolute atomic E-state index is 11.7. The van der Waals surface area contributed by atoms with Crippen molar-refractivity contribution >= 4 is 5.91 Å². The van der Waals surface area contributed by atoms with Crippen LogP contribution in [0, 0.1) is 5.92 Å². The van der Waals surface area contributed by atoms with E-state index in [1.807, 2.05) is 11.8 Å². The van der Waals surface area contributed by atoms with E-state index < -0.39 is 0 Å². The number of nitrogens with zero attached hydrogens (tertiary/aromatic N) is 1. The van der Waals surface area contributed by atoms with E-state index in [4.69, 9.17) is 0 Å². The average molecular weight is 198 g/mol. The van der Waals surface area contributed by atoms with Gasteiger partial charge in [-0.15, -0.1) is 0 Å². The third-order valence-electron chi connectivity index (χ3n) is 2.73. The Kier molecular flexibility index (Phi) is 4.39. The summed E-state index contributed by atoms with van der Waals surface area (Å²) in [5, 5.41) is 3.33. The number of carbonyl (C=O) groups is 1. The summed E-state index contributed by atoms with van der Waals surface area (Å²) < 4.78 is 0. The molecule has 0 spiro atoms. The molecule has 3 heteroatoms. The van der Waals surface area contributed by atoms with E-state index >= 15 is 0 Å². The number of likely N-dealkylation sites (tertiary alicyclic amines) is 1. The molecule has 1 fully saturated rings. The number of nitrogens with one attached hydrogen (secondary N) is 1. The summed E-state index contributed by atoms with van der Waals surface area (Å²) in [6, 6.07) is 0.507. The minimum atomic E-state index is 0.239. The Bertz CT molecular complexity index is 192. The van der Waals surface area contributed by atoms with Crippen molar-refractivity contribution in [3.63, 3.8) is 0 Å². The minimum absolute atomic E-state index is 0.239. The lowest BCUT2D eigenvalue weighted by atomic mass is 9.99. The van der Waals surface area contributed by atoms with E-state index in [-0.39, 0.29) is 5.92 Å². The summed E-state index contributed by atoms with van der Waals surface area (Å²) in [5.74, 6) is 0.574. The molecule has 1 aliphatic rings. The van der Waals surface area contributed by atoms with Gasteiger partial charge in [0, 0.05) is 31.6 Å². The zero-order valence-electron chi connectivity index (χ0n) is 9.55. The molecule has 1 rings (SSSR count). The van der Waals surface area contributed by atoms with Crippen molar-refractivity contribution in [2.75, 3.05) is 19.6 Å². The largest absolute Gasteiger partial charge is 0.341 e. The standard InChI is InChI=1S/C11H22N2O/c1-9(2)12-6-8-13-7-4-5-10(3)11(13)14/h9-10,12H,4-8H2,1-3H3. The molecule has 0 bridgehead atoms. The molecule has 1 unspecified atom stereocenters. The maximum Gasteiger partial charge on any atom is 0.225 e. The average Bonchev–Trinajstić information content (AvgIpc) is 2.12. The fraction of sp³-hybridized carbons (Fsp3) is 0.909. The smallest absolute Gasteiger partial charge is 0.225 e. The molecule has 0 radical (unpaired) electrons. The highest BCUT2D eigenvalue weighted by Crippen LogP contribution is 2.16. The first-order chi connectivity index (χ1) is 6.61. The molecule has 82 valence electrons. The Morgan fingerprint density at radius 1 is 1.57 bits per heavy atom. The lowest BCUT2D eigenvalue weighted by Gasteiger charge is -2.30. The summed E-state index contributed by atoms with van der Waals surface area (Å²) in [4.78, 5) is 13.7. The fourth-order valence-corrected chi connectivity index (χ4v) is 1.84. The van der Waals surface area contributed by atoms with Crippen LogP contribution in [0.4, 0.5) is 0 Å². The van der Waals surface area contributed by atoms with Crippen LogP contribution in [0.2, 0.25) is 0 Å². The van der Waals surface area contributed by atoms with Crippen LogP contribution in [0.25, 0.3) is 0 Å². The first-order valence-electron chi connectivity index (χ1n) is 5.63. The molecule has 0 aromatic heterocycles. The Balaban J connectivity index is 2.25. The van der Waals surface area contributed by atoms with Gasteiger partial charge in [0.05, 0.1) is 0 Å². The quantitative estimate of drug-likeness (QED) is 0.737. The Morgan fingerprint density at radius 3 is 2.93 bits per heavy atom. The van der Waals surface area contributed by atoms with E-state index in [9.17, 15) is 4.79 Å². The van der Waals surface area contributed by atoms with Crippen LogP contribution in [0.15, 0.2) is 0 Å². The van der Waals surface area contributed by atoms with Crippen molar-refractivity contribution in [1.29, 1.82) is 0 Å². The summed E-state index contributed by atoms with van der Waals surface area (Å²) in [6.07, 6.45) is 2.22. The van der Waals surface area contributed by atoms with Gasteiger partial charge in [0.15, 0.2) is 0 Å². The van der Waals surface area contributed by atoms with Gasteiger partial charge >= 0.3 is 0 Å². The predicted octanol–water partition coefficient (Wildman–Crippen LogP) is 1.24. The van der Waals surface area contributed by atoms with Crippen LogP contribution in [0.3, 0.4) is 0 Å². The summed E-state index contributed by atoms with van der Waals surface area (Å²) in [6.45, 7) is 9.01. The number of carbonyl (C=O) groups excluding carboxylic acids is 1. The lowest BCUT2D eigenvalue weighted by molar-refractivity contribution is -0.137. The van der Waals surface area contributed by atoms with E-state index in [0.29, 0.717) is 11.9 Å². The molecule has 0 aromatic rings. The summed E-state index contributed by atoms with van der Waals surface area (Å²) in [5.41, 5.74) is 0. The van der Waals surface area contributed by atoms with Gasteiger partial charge < -0.3 is 10.2 Å². The van der Waals surface area contributed by atoms with Gasteiger partial charge in [-0.1, -0.05) is 20.8 Å². The van der Waals surface area contributed by atoms with Gasteiger partial charge in [0.25, 0.3) is 0 Å². The Labute approximate surface area is 86.9 Å². The van der Waals surface area contributed by atoms with Gasteiger partial charge in [-0.3, -0.25) is 4.79 Å². The van der Waals surface area contributed by atoms with Gasteiger partial charge in [-0.05, 0) is 12.8 Å². The van der Waals surface area contributed by atoms with Crippen LogP contribution in [-0.4, -0.2) is 36.5 Å². The van der Waals surface area contributed by atoms with Crippen LogP contribution >= 0.6 is 0 Å². The van der Waals surface area contributed by atoms with Crippen LogP contribution in [0.1, 0.15) is 33.6 Å². The van der Waals surface area contributed by atoms with Gasteiger partial charge in [-0.2, -0.15) is 0 Å². The summed E-state index contributed by atoms with van der Waals surface area (Å²) >= 11 is 0. The highest BCUT2D eigenvalue weighted by atomic mass is 16.2. The second-order valence-corrected chi connectivity index (χ2v) is 4.48. The number of hydrogen-bond donors (Lipinski definition) is 1. The minimum Gasteiger partial charge on any atom is -0.341 e. The molecule has 14 heavy (non-hydrogen) atoms. The van der Waals surface area contributed by atoms with Crippen molar-refractivity contribution in [3.05, 3.63) is 0 Å². The third kappa shape index (κ3) is 3.29.